The second-order valence-electron chi connectivity index (χ2n) is 5.44. The monoisotopic (exact) mass is 257 g/mol. The Labute approximate surface area is 115 Å². The van der Waals surface area contributed by atoms with E-state index in [2.05, 4.69) is 33.0 Å². The number of hydrogen-bond acceptors (Lipinski definition) is 2. The van der Waals surface area contributed by atoms with Crippen LogP contribution in [0.2, 0.25) is 0 Å². The molecule has 0 aromatic heterocycles. The lowest BCUT2D eigenvalue weighted by Gasteiger charge is -2.24. The molecule has 0 bridgehead atoms. The van der Waals surface area contributed by atoms with Crippen molar-refractivity contribution < 1.29 is 4.74 Å². The Morgan fingerprint density at radius 3 is 2.28 bits per heavy atom. The maximum Gasteiger partial charge on any atom is 0.0622 e. The number of ether oxygens (including phenoxy) is 1. The molecular weight excluding hydrogens is 222 g/mol. The fourth-order valence-electron chi connectivity index (χ4n) is 2.06. The molecule has 0 fully saturated rings. The van der Waals surface area contributed by atoms with Crippen molar-refractivity contribution >= 4 is 0 Å². The maximum atomic E-state index is 5.83. The summed E-state index contributed by atoms with van der Waals surface area (Å²) in [6.45, 7) is 12.0. The van der Waals surface area contributed by atoms with Crippen LogP contribution in [-0.4, -0.2) is 25.8 Å². The lowest BCUT2D eigenvalue weighted by Crippen LogP contribution is -2.39. The largest absolute Gasteiger partial charge is 0.380 e. The molecule has 0 aliphatic heterocycles. The highest BCUT2D eigenvalue weighted by molar-refractivity contribution is 4.71. The van der Waals surface area contributed by atoms with E-state index in [1.165, 1.54) is 44.9 Å². The second kappa shape index (κ2) is 13.4. The van der Waals surface area contributed by atoms with Gasteiger partial charge in [-0.25, -0.2) is 0 Å². The van der Waals surface area contributed by atoms with Crippen LogP contribution in [0.25, 0.3) is 0 Å². The summed E-state index contributed by atoms with van der Waals surface area (Å²) in [5, 5.41) is 3.61. The molecule has 0 aliphatic rings. The summed E-state index contributed by atoms with van der Waals surface area (Å²) in [5.74, 6) is 0.705. The third-order valence-electron chi connectivity index (χ3n) is 3.68. The summed E-state index contributed by atoms with van der Waals surface area (Å²) in [5.41, 5.74) is 0. The Balaban J connectivity index is 3.56. The Morgan fingerprint density at radius 2 is 1.67 bits per heavy atom. The van der Waals surface area contributed by atoms with Crippen LogP contribution in [0.1, 0.15) is 72.6 Å². The van der Waals surface area contributed by atoms with Crippen LogP contribution in [0, 0.1) is 5.92 Å². The van der Waals surface area contributed by atoms with Gasteiger partial charge < -0.3 is 10.1 Å². The van der Waals surface area contributed by atoms with E-state index in [4.69, 9.17) is 4.74 Å². The first-order valence-electron chi connectivity index (χ1n) is 8.07. The van der Waals surface area contributed by atoms with Crippen LogP contribution < -0.4 is 5.32 Å². The maximum absolute atomic E-state index is 5.83. The molecule has 0 saturated heterocycles. The molecule has 0 heterocycles. The highest BCUT2D eigenvalue weighted by Crippen LogP contribution is 2.09. The Bertz CT molecular complexity index is 161. The molecular formula is C16H35NO. The van der Waals surface area contributed by atoms with Gasteiger partial charge in [0.2, 0.25) is 0 Å². The van der Waals surface area contributed by atoms with Crippen LogP contribution in [0.5, 0.6) is 0 Å². The number of nitrogens with one attached hydrogen (secondary N) is 1. The summed E-state index contributed by atoms with van der Waals surface area (Å²) in [7, 11) is 0. The molecule has 0 aromatic rings. The van der Waals surface area contributed by atoms with E-state index in [0.717, 1.165) is 19.8 Å². The van der Waals surface area contributed by atoms with Gasteiger partial charge in [0, 0.05) is 12.6 Å². The highest BCUT2D eigenvalue weighted by Gasteiger charge is 2.14. The Hall–Kier alpha value is -0.0800. The molecule has 2 heteroatoms. The number of rotatable bonds is 13. The van der Waals surface area contributed by atoms with Crippen molar-refractivity contribution in [3.8, 4) is 0 Å². The molecule has 18 heavy (non-hydrogen) atoms. The van der Waals surface area contributed by atoms with Crippen molar-refractivity contribution in [1.29, 1.82) is 0 Å². The molecule has 0 aliphatic carbocycles. The molecule has 2 atom stereocenters. The normalized spacial score (nSPS) is 14.7. The summed E-state index contributed by atoms with van der Waals surface area (Å²) in [4.78, 5) is 0. The van der Waals surface area contributed by atoms with E-state index >= 15 is 0 Å². The van der Waals surface area contributed by atoms with Crippen molar-refractivity contribution in [3.63, 3.8) is 0 Å². The first-order chi connectivity index (χ1) is 8.76. The van der Waals surface area contributed by atoms with Crippen LogP contribution in [-0.2, 0) is 4.74 Å². The minimum Gasteiger partial charge on any atom is -0.380 e. The van der Waals surface area contributed by atoms with Gasteiger partial charge in [-0.2, -0.15) is 0 Å². The molecule has 2 unspecified atom stereocenters. The fraction of sp³-hybridized carbons (Fsp3) is 1.00. The molecule has 0 rings (SSSR count). The summed E-state index contributed by atoms with van der Waals surface area (Å²) in [6.07, 6.45) is 9.02. The zero-order chi connectivity index (χ0) is 13.6. The van der Waals surface area contributed by atoms with Gasteiger partial charge in [0.05, 0.1) is 6.61 Å². The topological polar surface area (TPSA) is 21.3 Å². The predicted octanol–water partition coefficient (Wildman–Crippen LogP) is 4.39. The van der Waals surface area contributed by atoms with Gasteiger partial charge in [0.1, 0.15) is 0 Å². The van der Waals surface area contributed by atoms with E-state index in [1.807, 2.05) is 0 Å². The molecule has 2 nitrogen and oxygen atoms in total. The van der Waals surface area contributed by atoms with Crippen LogP contribution >= 0.6 is 0 Å². The van der Waals surface area contributed by atoms with E-state index in [9.17, 15) is 0 Å². The van der Waals surface area contributed by atoms with Crippen LogP contribution in [0.4, 0.5) is 0 Å². The van der Waals surface area contributed by atoms with Crippen LogP contribution in [0.3, 0.4) is 0 Å². The number of unbranched alkanes of at least 4 members (excludes halogenated alkanes) is 4. The van der Waals surface area contributed by atoms with Crippen molar-refractivity contribution in [2.75, 3.05) is 19.8 Å². The van der Waals surface area contributed by atoms with Gasteiger partial charge in [-0.3, -0.25) is 0 Å². The fourth-order valence-corrected chi connectivity index (χ4v) is 2.06. The first kappa shape index (κ1) is 17.9. The molecule has 0 spiro atoms. The molecule has 0 amide bonds. The third kappa shape index (κ3) is 9.90. The third-order valence-corrected chi connectivity index (χ3v) is 3.68. The summed E-state index contributed by atoms with van der Waals surface area (Å²) < 4.78 is 5.83. The summed E-state index contributed by atoms with van der Waals surface area (Å²) in [6, 6.07) is 0.533. The zero-order valence-corrected chi connectivity index (χ0v) is 13.1. The van der Waals surface area contributed by atoms with Crippen molar-refractivity contribution in [3.05, 3.63) is 0 Å². The molecule has 0 saturated carbocycles. The number of hydrogen-bond donors (Lipinski definition) is 1. The second-order valence-corrected chi connectivity index (χ2v) is 5.44. The smallest absolute Gasteiger partial charge is 0.0622 e. The quantitative estimate of drug-likeness (QED) is 0.494. The first-order valence-corrected chi connectivity index (χ1v) is 8.07. The van der Waals surface area contributed by atoms with Gasteiger partial charge >= 0.3 is 0 Å². The Morgan fingerprint density at radius 1 is 0.944 bits per heavy atom. The minimum absolute atomic E-state index is 0.533. The Kier molecular flexibility index (Phi) is 13.3. The average Bonchev–Trinajstić information content (AvgIpc) is 2.40. The van der Waals surface area contributed by atoms with Gasteiger partial charge in [-0.05, 0) is 25.3 Å². The molecule has 110 valence electrons. The van der Waals surface area contributed by atoms with E-state index in [0.29, 0.717) is 12.0 Å². The lowest BCUT2D eigenvalue weighted by atomic mass is 10.00. The van der Waals surface area contributed by atoms with Gasteiger partial charge in [0.15, 0.2) is 0 Å². The molecule has 0 aromatic carbocycles. The van der Waals surface area contributed by atoms with Crippen molar-refractivity contribution in [1.82, 2.24) is 5.32 Å². The van der Waals surface area contributed by atoms with Crippen molar-refractivity contribution in [2.45, 2.75) is 78.7 Å². The van der Waals surface area contributed by atoms with Gasteiger partial charge in [0.25, 0.3) is 0 Å². The van der Waals surface area contributed by atoms with E-state index < -0.39 is 0 Å². The summed E-state index contributed by atoms with van der Waals surface area (Å²) >= 11 is 0. The van der Waals surface area contributed by atoms with Gasteiger partial charge in [-0.1, -0.05) is 59.8 Å². The minimum atomic E-state index is 0.533. The zero-order valence-electron chi connectivity index (χ0n) is 13.1. The molecule has 0 radical (unpaired) electrons. The SMILES string of the molecule is CCCCCCCOCC(NCCC)C(C)CC. The molecule has 1 N–H and O–H groups in total. The average molecular weight is 257 g/mol. The highest BCUT2D eigenvalue weighted by atomic mass is 16.5. The van der Waals surface area contributed by atoms with E-state index in [-0.39, 0.29) is 0 Å². The predicted molar refractivity (Wildman–Crippen MR) is 81.1 cm³/mol. The van der Waals surface area contributed by atoms with Gasteiger partial charge in [-0.15, -0.1) is 0 Å². The van der Waals surface area contributed by atoms with E-state index in [1.54, 1.807) is 0 Å². The lowest BCUT2D eigenvalue weighted by molar-refractivity contribution is 0.0917. The van der Waals surface area contributed by atoms with Crippen molar-refractivity contribution in [2.24, 2.45) is 5.92 Å². The standard InChI is InChI=1S/C16H35NO/c1-5-8-9-10-11-13-18-14-16(15(4)7-3)17-12-6-2/h15-17H,5-14H2,1-4H3. The van der Waals surface area contributed by atoms with Crippen LogP contribution in [0.15, 0.2) is 0 Å².